The third kappa shape index (κ3) is 8.93. The molecule has 2 N–H and O–H groups in total. The van der Waals surface area contributed by atoms with E-state index < -0.39 is 0 Å². The van der Waals surface area contributed by atoms with E-state index in [1.54, 1.807) is 0 Å². The first-order valence-electron chi connectivity index (χ1n) is 8.82. The molecule has 0 amide bonds. The summed E-state index contributed by atoms with van der Waals surface area (Å²) < 4.78 is 5.83. The van der Waals surface area contributed by atoms with Gasteiger partial charge in [-0.05, 0) is 12.8 Å². The lowest BCUT2D eigenvalue weighted by molar-refractivity contribution is 0.0610. The molecule has 3 heteroatoms. The van der Waals surface area contributed by atoms with Gasteiger partial charge < -0.3 is 15.2 Å². The summed E-state index contributed by atoms with van der Waals surface area (Å²) in [6, 6.07) is 0.257. The summed E-state index contributed by atoms with van der Waals surface area (Å²) in [5, 5.41) is 12.3. The van der Waals surface area contributed by atoms with Crippen LogP contribution < -0.4 is 5.32 Å². The van der Waals surface area contributed by atoms with E-state index in [4.69, 9.17) is 9.84 Å². The van der Waals surface area contributed by atoms with E-state index >= 15 is 0 Å². The normalized spacial score (nSPS) is 22.5. The van der Waals surface area contributed by atoms with E-state index in [9.17, 15) is 0 Å². The van der Waals surface area contributed by atoms with Crippen LogP contribution in [0.3, 0.4) is 0 Å². The molecule has 0 unspecified atom stereocenters. The van der Waals surface area contributed by atoms with Crippen molar-refractivity contribution in [2.24, 2.45) is 0 Å². The molecule has 0 aliphatic carbocycles. The maximum atomic E-state index is 9.03. The fourth-order valence-corrected chi connectivity index (χ4v) is 2.89. The van der Waals surface area contributed by atoms with Gasteiger partial charge in [0, 0.05) is 19.2 Å². The Bertz CT molecular complexity index is 211. The zero-order chi connectivity index (χ0) is 14.5. The average Bonchev–Trinajstić information content (AvgIpc) is 2.93. The Balaban J connectivity index is 1.75. The van der Waals surface area contributed by atoms with Gasteiger partial charge in [-0.2, -0.15) is 0 Å². The highest BCUT2D eigenvalue weighted by Gasteiger charge is 2.23. The van der Waals surface area contributed by atoms with E-state index in [0.29, 0.717) is 6.10 Å². The van der Waals surface area contributed by atoms with Crippen LogP contribution in [0.4, 0.5) is 0 Å². The third-order valence-corrected chi connectivity index (χ3v) is 4.25. The van der Waals surface area contributed by atoms with Crippen molar-refractivity contribution in [1.29, 1.82) is 0 Å². The van der Waals surface area contributed by atoms with Crippen LogP contribution >= 0.6 is 0 Å². The Morgan fingerprint density at radius 3 is 2.10 bits per heavy atom. The molecule has 1 rings (SSSR count). The van der Waals surface area contributed by atoms with E-state index in [1.165, 1.54) is 64.2 Å². The molecule has 0 saturated carbocycles. The first-order chi connectivity index (χ1) is 9.86. The summed E-state index contributed by atoms with van der Waals surface area (Å²) in [6.45, 7) is 4.30. The standard InChI is InChI=1S/C17H35NO2/c1-2-3-4-5-6-7-8-9-10-11-12-20-17-13-16(15-19)18-14-17/h16-19H,2-15H2,1H3/t16-,17+/m1/s1. The second kappa shape index (κ2) is 12.6. The highest BCUT2D eigenvalue weighted by molar-refractivity contribution is 4.81. The quantitative estimate of drug-likeness (QED) is 0.508. The van der Waals surface area contributed by atoms with E-state index in [1.807, 2.05) is 0 Å². The summed E-state index contributed by atoms with van der Waals surface area (Å²) in [5.74, 6) is 0. The van der Waals surface area contributed by atoms with Crippen molar-refractivity contribution >= 4 is 0 Å². The maximum Gasteiger partial charge on any atom is 0.0715 e. The second-order valence-electron chi connectivity index (χ2n) is 6.20. The van der Waals surface area contributed by atoms with Crippen molar-refractivity contribution in [3.8, 4) is 0 Å². The first kappa shape index (κ1) is 17.9. The molecular weight excluding hydrogens is 250 g/mol. The average molecular weight is 285 g/mol. The third-order valence-electron chi connectivity index (χ3n) is 4.25. The van der Waals surface area contributed by atoms with E-state index in [2.05, 4.69) is 12.2 Å². The summed E-state index contributed by atoms with van der Waals surface area (Å²) in [6.07, 6.45) is 15.0. The zero-order valence-electron chi connectivity index (χ0n) is 13.4. The van der Waals surface area contributed by atoms with Gasteiger partial charge in [-0.1, -0.05) is 64.7 Å². The Morgan fingerprint density at radius 1 is 0.950 bits per heavy atom. The van der Waals surface area contributed by atoms with Crippen molar-refractivity contribution in [3.63, 3.8) is 0 Å². The molecule has 0 bridgehead atoms. The molecule has 1 aliphatic heterocycles. The van der Waals surface area contributed by atoms with Crippen molar-refractivity contribution in [3.05, 3.63) is 0 Å². The number of hydrogen-bond donors (Lipinski definition) is 2. The SMILES string of the molecule is CCCCCCCCCCCCO[C@@H]1CN[C@@H](CO)C1. The van der Waals surface area contributed by atoms with Gasteiger partial charge >= 0.3 is 0 Å². The predicted molar refractivity (Wildman–Crippen MR) is 85.1 cm³/mol. The van der Waals surface area contributed by atoms with Crippen LogP contribution in [-0.4, -0.2) is 37.0 Å². The van der Waals surface area contributed by atoms with Crippen molar-refractivity contribution in [1.82, 2.24) is 5.32 Å². The largest absolute Gasteiger partial charge is 0.395 e. The Hall–Kier alpha value is -0.120. The minimum atomic E-state index is 0.234. The topological polar surface area (TPSA) is 41.5 Å². The number of hydrogen-bond acceptors (Lipinski definition) is 3. The second-order valence-corrected chi connectivity index (χ2v) is 6.20. The van der Waals surface area contributed by atoms with Crippen LogP contribution in [0.5, 0.6) is 0 Å². The summed E-state index contributed by atoms with van der Waals surface area (Å²) >= 11 is 0. The number of aliphatic hydroxyl groups excluding tert-OH is 1. The van der Waals surface area contributed by atoms with Gasteiger partial charge in [0.2, 0.25) is 0 Å². The van der Waals surface area contributed by atoms with Crippen LogP contribution in [0.25, 0.3) is 0 Å². The van der Waals surface area contributed by atoms with Gasteiger partial charge in [0.25, 0.3) is 0 Å². The highest BCUT2D eigenvalue weighted by atomic mass is 16.5. The molecule has 1 heterocycles. The number of aliphatic hydroxyl groups is 1. The smallest absolute Gasteiger partial charge is 0.0715 e. The Kier molecular flexibility index (Phi) is 11.3. The van der Waals surface area contributed by atoms with Gasteiger partial charge in [-0.3, -0.25) is 0 Å². The highest BCUT2D eigenvalue weighted by Crippen LogP contribution is 2.13. The molecule has 20 heavy (non-hydrogen) atoms. The molecule has 3 nitrogen and oxygen atoms in total. The molecule has 0 aromatic heterocycles. The lowest BCUT2D eigenvalue weighted by Crippen LogP contribution is -2.24. The molecule has 0 spiro atoms. The Morgan fingerprint density at radius 2 is 1.55 bits per heavy atom. The fourth-order valence-electron chi connectivity index (χ4n) is 2.89. The zero-order valence-corrected chi connectivity index (χ0v) is 13.4. The summed E-state index contributed by atoms with van der Waals surface area (Å²) in [5.41, 5.74) is 0. The van der Waals surface area contributed by atoms with Gasteiger partial charge in [0.1, 0.15) is 0 Å². The van der Waals surface area contributed by atoms with Crippen LogP contribution in [-0.2, 0) is 4.74 Å². The lowest BCUT2D eigenvalue weighted by atomic mass is 10.1. The van der Waals surface area contributed by atoms with Gasteiger partial charge in [-0.15, -0.1) is 0 Å². The van der Waals surface area contributed by atoms with Crippen LogP contribution in [0.1, 0.15) is 77.6 Å². The van der Waals surface area contributed by atoms with Crippen molar-refractivity contribution < 1.29 is 9.84 Å². The minimum Gasteiger partial charge on any atom is -0.395 e. The predicted octanol–water partition coefficient (Wildman–Crippen LogP) is 3.65. The number of nitrogens with one attached hydrogen (secondary N) is 1. The molecule has 120 valence electrons. The first-order valence-corrected chi connectivity index (χ1v) is 8.82. The summed E-state index contributed by atoms with van der Waals surface area (Å²) in [4.78, 5) is 0. The van der Waals surface area contributed by atoms with Gasteiger partial charge in [0.15, 0.2) is 0 Å². The Labute approximate surface area is 125 Å². The molecule has 0 aromatic carbocycles. The molecule has 0 aromatic rings. The molecule has 1 saturated heterocycles. The van der Waals surface area contributed by atoms with Crippen LogP contribution in [0.2, 0.25) is 0 Å². The molecular formula is C17H35NO2. The fraction of sp³-hybridized carbons (Fsp3) is 1.00. The van der Waals surface area contributed by atoms with Crippen molar-refractivity contribution in [2.75, 3.05) is 19.8 Å². The number of unbranched alkanes of at least 4 members (excludes halogenated alkanes) is 9. The van der Waals surface area contributed by atoms with Crippen molar-refractivity contribution in [2.45, 2.75) is 89.7 Å². The number of rotatable bonds is 13. The maximum absolute atomic E-state index is 9.03. The van der Waals surface area contributed by atoms with Gasteiger partial charge in [0.05, 0.1) is 12.7 Å². The molecule has 1 aliphatic rings. The monoisotopic (exact) mass is 285 g/mol. The molecule has 0 radical (unpaired) electrons. The minimum absolute atomic E-state index is 0.234. The number of ether oxygens (including phenoxy) is 1. The van der Waals surface area contributed by atoms with Gasteiger partial charge in [-0.25, -0.2) is 0 Å². The van der Waals surface area contributed by atoms with E-state index in [-0.39, 0.29) is 12.6 Å². The molecule has 2 atom stereocenters. The molecule has 1 fully saturated rings. The van der Waals surface area contributed by atoms with Crippen LogP contribution in [0.15, 0.2) is 0 Å². The summed E-state index contributed by atoms with van der Waals surface area (Å²) in [7, 11) is 0. The lowest BCUT2D eigenvalue weighted by Gasteiger charge is -2.10. The van der Waals surface area contributed by atoms with Crippen LogP contribution in [0, 0.1) is 0 Å². The van der Waals surface area contributed by atoms with E-state index in [0.717, 1.165) is 19.6 Å².